The molecule has 0 aliphatic carbocycles. The molecule has 0 aliphatic heterocycles. The number of halogens is 2. The lowest BCUT2D eigenvalue weighted by Crippen LogP contribution is -2.09. The van der Waals surface area contributed by atoms with Crippen molar-refractivity contribution in [1.29, 1.82) is 0 Å². The molecule has 0 fully saturated rings. The fourth-order valence-electron chi connectivity index (χ4n) is 5.81. The number of hydrogen-bond acceptors (Lipinski definition) is 6. The van der Waals surface area contributed by atoms with E-state index in [0.29, 0.717) is 80.6 Å². The Hall–Kier alpha value is -2.84. The monoisotopic (exact) mass is 842 g/mol. The summed E-state index contributed by atoms with van der Waals surface area (Å²) >= 11 is 7.21. The van der Waals surface area contributed by atoms with E-state index in [0.717, 1.165) is 77.0 Å². The second kappa shape index (κ2) is 25.2. The Labute approximate surface area is 330 Å². The van der Waals surface area contributed by atoms with Crippen LogP contribution in [-0.4, -0.2) is 38.0 Å². The van der Waals surface area contributed by atoms with Gasteiger partial charge in [0.05, 0.1) is 26.4 Å². The van der Waals surface area contributed by atoms with E-state index in [9.17, 15) is 9.59 Å². The number of ketones is 2. The fraction of sp³-hybridized carbons (Fsp3) is 0.545. The van der Waals surface area contributed by atoms with E-state index in [4.69, 9.17) is 18.9 Å². The number of rotatable bonds is 28. The molecule has 0 bridgehead atoms. The molecule has 0 saturated heterocycles. The predicted octanol–water partition coefficient (Wildman–Crippen LogP) is 13.5. The lowest BCUT2D eigenvalue weighted by molar-refractivity contribution is 0.102. The van der Waals surface area contributed by atoms with Crippen molar-refractivity contribution in [2.45, 2.75) is 130 Å². The normalized spacial score (nSPS) is 11.0. The van der Waals surface area contributed by atoms with Crippen molar-refractivity contribution < 1.29 is 28.5 Å². The van der Waals surface area contributed by atoms with Crippen molar-refractivity contribution in [3.05, 3.63) is 79.7 Å². The van der Waals surface area contributed by atoms with Gasteiger partial charge in [0.1, 0.15) is 0 Å². The van der Waals surface area contributed by atoms with Crippen LogP contribution in [0.25, 0.3) is 0 Å². The summed E-state index contributed by atoms with van der Waals surface area (Å²) < 4.78 is 25.6. The summed E-state index contributed by atoms with van der Waals surface area (Å²) in [5.41, 5.74) is 1.85. The van der Waals surface area contributed by atoms with E-state index in [1.54, 1.807) is 36.4 Å². The molecule has 52 heavy (non-hydrogen) atoms. The third-order valence-corrected chi connectivity index (χ3v) is 10.3. The van der Waals surface area contributed by atoms with Gasteiger partial charge in [-0.25, -0.2) is 0 Å². The van der Waals surface area contributed by atoms with E-state index < -0.39 is 0 Å². The van der Waals surface area contributed by atoms with Gasteiger partial charge in [-0.2, -0.15) is 0 Å². The van der Waals surface area contributed by atoms with Crippen LogP contribution >= 0.6 is 31.9 Å². The lowest BCUT2D eigenvalue weighted by atomic mass is 9.98. The minimum absolute atomic E-state index is 0.184. The van der Waals surface area contributed by atoms with Gasteiger partial charge in [-0.05, 0) is 74.2 Å². The van der Waals surface area contributed by atoms with Gasteiger partial charge in [0.2, 0.25) is 0 Å². The van der Waals surface area contributed by atoms with Crippen LogP contribution in [0.15, 0.2) is 57.5 Å². The first kappa shape index (κ1) is 43.6. The molecule has 6 nitrogen and oxygen atoms in total. The average molecular weight is 845 g/mol. The second-order valence-electron chi connectivity index (χ2n) is 13.4. The standard InChI is InChI=1S/C44H60Br2O6/c1-5-9-13-17-25-49-39-23-21-33(29-41(39)51-27-19-15-11-7-3)43(47)35-31-38(46)36(32-37(35)45)44(48)34-22-24-40(50-26-18-14-10-6-2)42(30-34)52-28-20-16-12-8-4/h21-24,29-32H,5-20,25-28H2,1-4H3. The van der Waals surface area contributed by atoms with Crippen LogP contribution in [0.3, 0.4) is 0 Å². The molecule has 8 heteroatoms. The minimum atomic E-state index is -0.184. The van der Waals surface area contributed by atoms with Gasteiger partial charge in [0, 0.05) is 31.2 Å². The van der Waals surface area contributed by atoms with Gasteiger partial charge in [-0.1, -0.05) is 137 Å². The van der Waals surface area contributed by atoms with Crippen LogP contribution in [0.5, 0.6) is 23.0 Å². The molecule has 3 rings (SSSR count). The number of unbranched alkanes of at least 4 members (excludes halogenated alkanes) is 12. The van der Waals surface area contributed by atoms with Gasteiger partial charge in [0.15, 0.2) is 34.6 Å². The Morgan fingerprint density at radius 2 is 0.731 bits per heavy atom. The molecule has 0 radical (unpaired) electrons. The molecule has 0 atom stereocenters. The molecule has 286 valence electrons. The van der Waals surface area contributed by atoms with Crippen LogP contribution in [0.4, 0.5) is 0 Å². The molecule has 3 aromatic carbocycles. The highest BCUT2D eigenvalue weighted by molar-refractivity contribution is 9.11. The van der Waals surface area contributed by atoms with E-state index in [1.807, 2.05) is 12.1 Å². The smallest absolute Gasteiger partial charge is 0.194 e. The highest BCUT2D eigenvalue weighted by Gasteiger charge is 2.22. The molecular formula is C44H60Br2O6. The van der Waals surface area contributed by atoms with E-state index >= 15 is 0 Å². The number of hydrogen-bond donors (Lipinski definition) is 0. The summed E-state index contributed by atoms with van der Waals surface area (Å²) in [6, 6.07) is 14.2. The predicted molar refractivity (Wildman–Crippen MR) is 220 cm³/mol. The zero-order chi connectivity index (χ0) is 37.6. The largest absolute Gasteiger partial charge is 0.490 e. The number of carbonyl (C=O) groups excluding carboxylic acids is 2. The number of carbonyl (C=O) groups is 2. The molecule has 3 aromatic rings. The molecule has 0 N–H and O–H groups in total. The van der Waals surface area contributed by atoms with Crippen molar-refractivity contribution in [1.82, 2.24) is 0 Å². The van der Waals surface area contributed by atoms with E-state index in [-0.39, 0.29) is 11.6 Å². The topological polar surface area (TPSA) is 71.1 Å². The van der Waals surface area contributed by atoms with Crippen molar-refractivity contribution in [3.8, 4) is 23.0 Å². The molecule has 0 unspecified atom stereocenters. The first-order valence-corrected chi connectivity index (χ1v) is 21.3. The number of benzene rings is 3. The molecule has 0 amide bonds. The van der Waals surface area contributed by atoms with Gasteiger partial charge in [-0.3, -0.25) is 9.59 Å². The van der Waals surface area contributed by atoms with Crippen molar-refractivity contribution in [2.75, 3.05) is 26.4 Å². The lowest BCUT2D eigenvalue weighted by Gasteiger charge is -2.16. The molecule has 0 saturated carbocycles. The third kappa shape index (κ3) is 14.5. The second-order valence-corrected chi connectivity index (χ2v) is 15.1. The summed E-state index contributed by atoms with van der Waals surface area (Å²) in [5, 5.41) is 0. The first-order chi connectivity index (χ1) is 25.3. The van der Waals surface area contributed by atoms with Crippen molar-refractivity contribution in [2.24, 2.45) is 0 Å². The van der Waals surface area contributed by atoms with Crippen molar-refractivity contribution >= 4 is 43.4 Å². The van der Waals surface area contributed by atoms with Gasteiger partial charge >= 0.3 is 0 Å². The zero-order valence-corrected chi connectivity index (χ0v) is 35.1. The van der Waals surface area contributed by atoms with Gasteiger partial charge < -0.3 is 18.9 Å². The van der Waals surface area contributed by atoms with Crippen LogP contribution in [0.2, 0.25) is 0 Å². The quantitative estimate of drug-likeness (QED) is 0.0536. The Morgan fingerprint density at radius 3 is 1.04 bits per heavy atom. The Kier molecular flexibility index (Phi) is 21.1. The summed E-state index contributed by atoms with van der Waals surface area (Å²) in [7, 11) is 0. The van der Waals surface area contributed by atoms with Crippen molar-refractivity contribution in [3.63, 3.8) is 0 Å². The summed E-state index contributed by atoms with van der Waals surface area (Å²) in [5.74, 6) is 2.10. The van der Waals surface area contributed by atoms with Crippen LogP contribution in [0.1, 0.15) is 162 Å². The minimum Gasteiger partial charge on any atom is -0.490 e. The molecule has 0 heterocycles. The Bertz CT molecular complexity index is 1410. The van der Waals surface area contributed by atoms with Gasteiger partial charge in [-0.15, -0.1) is 0 Å². The van der Waals surface area contributed by atoms with E-state index in [1.165, 1.54) is 25.7 Å². The Morgan fingerprint density at radius 1 is 0.423 bits per heavy atom. The van der Waals surface area contributed by atoms with Crippen LogP contribution in [-0.2, 0) is 0 Å². The highest BCUT2D eigenvalue weighted by Crippen LogP contribution is 2.35. The maximum Gasteiger partial charge on any atom is 0.194 e. The summed E-state index contributed by atoms with van der Waals surface area (Å²) in [6.07, 6.45) is 17.6. The van der Waals surface area contributed by atoms with Crippen LogP contribution in [0, 0.1) is 0 Å². The Balaban J connectivity index is 1.82. The SMILES string of the molecule is CCCCCCOc1ccc(C(=O)c2cc(Br)c(C(=O)c3ccc(OCCCCCC)c(OCCCCCC)c3)cc2Br)cc1OCCCCCC. The molecule has 0 aromatic heterocycles. The maximum absolute atomic E-state index is 13.9. The molecule has 0 spiro atoms. The number of ether oxygens (including phenoxy) is 4. The molecule has 0 aliphatic rings. The van der Waals surface area contributed by atoms with Gasteiger partial charge in [0.25, 0.3) is 0 Å². The zero-order valence-electron chi connectivity index (χ0n) is 32.0. The van der Waals surface area contributed by atoms with Crippen LogP contribution < -0.4 is 18.9 Å². The third-order valence-electron chi connectivity index (χ3n) is 8.98. The maximum atomic E-state index is 13.9. The molecular weight excluding hydrogens is 784 g/mol. The first-order valence-electron chi connectivity index (χ1n) is 19.7. The van der Waals surface area contributed by atoms with E-state index in [2.05, 4.69) is 59.6 Å². The summed E-state index contributed by atoms with van der Waals surface area (Å²) in [4.78, 5) is 27.8. The highest BCUT2D eigenvalue weighted by atomic mass is 79.9. The average Bonchev–Trinajstić information content (AvgIpc) is 3.15. The fourth-order valence-corrected chi connectivity index (χ4v) is 6.86. The summed E-state index contributed by atoms with van der Waals surface area (Å²) in [6.45, 7) is 11.1.